The minimum atomic E-state index is -0.338. The van der Waals surface area contributed by atoms with Crippen LogP contribution in [0.4, 0.5) is 15.8 Å². The van der Waals surface area contributed by atoms with Gasteiger partial charge >= 0.3 is 0 Å². The summed E-state index contributed by atoms with van der Waals surface area (Å²) < 4.78 is 16.1. The highest BCUT2D eigenvalue weighted by atomic mass is 35.5. The fourth-order valence-corrected chi connectivity index (χ4v) is 4.68. The molecule has 7 heteroatoms. The maximum atomic E-state index is 14.6. The third-order valence-corrected chi connectivity index (χ3v) is 6.51. The second-order valence-corrected chi connectivity index (χ2v) is 8.11. The van der Waals surface area contributed by atoms with Crippen molar-refractivity contribution in [2.24, 2.45) is 7.05 Å². The van der Waals surface area contributed by atoms with Gasteiger partial charge in [0.2, 0.25) is 0 Å². The number of halogens is 2. The average molecular weight is 379 g/mol. The summed E-state index contributed by atoms with van der Waals surface area (Å²) in [7, 11) is 5.77. The smallest absolute Gasteiger partial charge is 0.276 e. The Hall–Kier alpha value is -1.79. The summed E-state index contributed by atoms with van der Waals surface area (Å²) in [6.07, 6.45) is 0. The van der Waals surface area contributed by atoms with Gasteiger partial charge in [-0.2, -0.15) is 0 Å². The Morgan fingerprint density at radius 1 is 1.15 bits per heavy atom. The Bertz CT molecular complexity index is 973. The molecule has 0 amide bonds. The van der Waals surface area contributed by atoms with E-state index in [-0.39, 0.29) is 17.4 Å². The largest absolute Gasteiger partial charge is 0.366 e. The molecule has 3 heterocycles. The van der Waals surface area contributed by atoms with E-state index in [2.05, 4.69) is 23.8 Å². The summed E-state index contributed by atoms with van der Waals surface area (Å²) in [5.74, 6) is -0.338. The summed E-state index contributed by atoms with van der Waals surface area (Å²) >= 11 is 6.47. The molecular weight excluding hydrogens is 355 g/mol. The van der Waals surface area contributed by atoms with E-state index in [1.54, 1.807) is 18.5 Å². The standard InChI is InChI=1S/C19H24ClFN4O/c1-10-7-25-12(8-22(10)3)9-23(4)18-17(25)13-6-14(21)11(2)15(20)16(13)24(5)19(18)26/h6,10,12H,7-9H2,1-5H3. The molecule has 2 aromatic rings. The first kappa shape index (κ1) is 17.6. The van der Waals surface area contributed by atoms with E-state index in [4.69, 9.17) is 11.6 Å². The fourth-order valence-electron chi connectivity index (χ4n) is 4.36. The molecule has 140 valence electrons. The molecule has 2 aliphatic rings. The predicted molar refractivity (Wildman–Crippen MR) is 105 cm³/mol. The van der Waals surface area contributed by atoms with E-state index in [0.717, 1.165) is 25.3 Å². The molecule has 0 saturated carbocycles. The number of benzene rings is 1. The number of aromatic nitrogens is 1. The zero-order chi connectivity index (χ0) is 18.9. The number of piperazine rings is 1. The van der Waals surface area contributed by atoms with Crippen LogP contribution in [0, 0.1) is 12.7 Å². The van der Waals surface area contributed by atoms with Crippen molar-refractivity contribution in [1.29, 1.82) is 0 Å². The van der Waals surface area contributed by atoms with Gasteiger partial charge in [-0.1, -0.05) is 11.6 Å². The molecule has 1 aromatic carbocycles. The minimum Gasteiger partial charge on any atom is -0.366 e. The summed E-state index contributed by atoms with van der Waals surface area (Å²) in [6, 6.07) is 2.15. The second-order valence-electron chi connectivity index (χ2n) is 7.73. The molecule has 5 nitrogen and oxygen atoms in total. The van der Waals surface area contributed by atoms with Gasteiger partial charge in [-0.15, -0.1) is 0 Å². The second kappa shape index (κ2) is 5.86. The molecule has 0 radical (unpaired) electrons. The molecule has 2 aliphatic heterocycles. The molecule has 1 fully saturated rings. The van der Waals surface area contributed by atoms with Crippen molar-refractivity contribution in [1.82, 2.24) is 9.47 Å². The number of likely N-dealkylation sites (N-methyl/N-ethyl adjacent to an activating group) is 2. The van der Waals surface area contributed by atoms with Crippen molar-refractivity contribution in [2.45, 2.75) is 25.9 Å². The Morgan fingerprint density at radius 2 is 1.85 bits per heavy atom. The van der Waals surface area contributed by atoms with Gasteiger partial charge in [0.15, 0.2) is 0 Å². The first-order valence-corrected chi connectivity index (χ1v) is 9.29. The highest BCUT2D eigenvalue weighted by molar-refractivity contribution is 6.36. The average Bonchev–Trinajstić information content (AvgIpc) is 2.58. The van der Waals surface area contributed by atoms with Crippen molar-refractivity contribution in [3.63, 3.8) is 0 Å². The van der Waals surface area contributed by atoms with Gasteiger partial charge in [-0.3, -0.25) is 9.69 Å². The quantitative estimate of drug-likeness (QED) is 0.705. The highest BCUT2D eigenvalue weighted by Crippen LogP contribution is 2.42. The van der Waals surface area contributed by atoms with Crippen molar-refractivity contribution in [3.05, 3.63) is 32.8 Å². The number of pyridine rings is 1. The lowest BCUT2D eigenvalue weighted by Crippen LogP contribution is -2.62. The topological polar surface area (TPSA) is 31.7 Å². The highest BCUT2D eigenvalue weighted by Gasteiger charge is 2.38. The summed E-state index contributed by atoms with van der Waals surface area (Å²) in [4.78, 5) is 19.8. The van der Waals surface area contributed by atoms with Crippen LogP contribution in [-0.2, 0) is 7.05 Å². The first-order chi connectivity index (χ1) is 12.2. The molecule has 1 saturated heterocycles. The molecule has 0 N–H and O–H groups in total. The maximum Gasteiger partial charge on any atom is 0.276 e. The van der Waals surface area contributed by atoms with Crippen LogP contribution >= 0.6 is 11.6 Å². The summed E-state index contributed by atoms with van der Waals surface area (Å²) in [5.41, 5.74) is 2.35. The van der Waals surface area contributed by atoms with Crippen LogP contribution in [0.3, 0.4) is 0 Å². The van der Waals surface area contributed by atoms with E-state index in [1.165, 1.54) is 6.07 Å². The minimum absolute atomic E-state index is 0.0899. The number of anilines is 2. The number of aryl methyl sites for hydroxylation is 1. The lowest BCUT2D eigenvalue weighted by molar-refractivity contribution is 0.199. The molecule has 0 bridgehead atoms. The Morgan fingerprint density at radius 3 is 2.54 bits per heavy atom. The van der Waals surface area contributed by atoms with Crippen molar-refractivity contribution in [2.75, 3.05) is 43.5 Å². The third-order valence-electron chi connectivity index (χ3n) is 6.05. The molecule has 26 heavy (non-hydrogen) atoms. The van der Waals surface area contributed by atoms with E-state index >= 15 is 0 Å². The number of hydrogen-bond donors (Lipinski definition) is 0. The molecule has 2 atom stereocenters. The van der Waals surface area contributed by atoms with Crippen LogP contribution in [0.2, 0.25) is 5.02 Å². The van der Waals surface area contributed by atoms with Gasteiger partial charge in [-0.05, 0) is 27.0 Å². The van der Waals surface area contributed by atoms with Gasteiger partial charge in [0.05, 0.1) is 22.3 Å². The molecule has 1 aromatic heterocycles. The molecular formula is C19H24ClFN4O. The Balaban J connectivity index is 2.10. The van der Waals surface area contributed by atoms with Crippen LogP contribution in [0.1, 0.15) is 12.5 Å². The number of rotatable bonds is 0. The van der Waals surface area contributed by atoms with Crippen LogP contribution in [0.5, 0.6) is 0 Å². The van der Waals surface area contributed by atoms with E-state index < -0.39 is 0 Å². The van der Waals surface area contributed by atoms with Crippen LogP contribution in [0.25, 0.3) is 10.9 Å². The van der Waals surface area contributed by atoms with Crippen LogP contribution < -0.4 is 15.4 Å². The summed E-state index contributed by atoms with van der Waals surface area (Å²) in [6.45, 7) is 6.30. The molecule has 0 aliphatic carbocycles. The SMILES string of the molecule is Cc1c(F)cc2c3c(c(=O)n(C)c2c1Cl)N(C)CC1CN(C)C(C)CN31. The molecule has 2 unspecified atom stereocenters. The molecule has 0 spiro atoms. The monoisotopic (exact) mass is 378 g/mol. The van der Waals surface area contributed by atoms with Gasteiger partial charge in [0, 0.05) is 50.7 Å². The van der Waals surface area contributed by atoms with E-state index in [1.807, 2.05) is 11.9 Å². The zero-order valence-electron chi connectivity index (χ0n) is 15.8. The predicted octanol–water partition coefficient (Wildman–Crippen LogP) is 2.60. The van der Waals surface area contributed by atoms with Gasteiger partial charge in [0.1, 0.15) is 11.5 Å². The number of nitrogens with zero attached hydrogens (tertiary/aromatic N) is 4. The van der Waals surface area contributed by atoms with Crippen LogP contribution in [0.15, 0.2) is 10.9 Å². The normalized spacial score (nSPS) is 23.3. The summed E-state index contributed by atoms with van der Waals surface area (Å²) in [5, 5.41) is 1.03. The maximum absolute atomic E-state index is 14.6. The lowest BCUT2D eigenvalue weighted by atomic mass is 9.99. The van der Waals surface area contributed by atoms with Crippen molar-refractivity contribution < 1.29 is 4.39 Å². The third kappa shape index (κ3) is 2.28. The lowest BCUT2D eigenvalue weighted by Gasteiger charge is -2.50. The van der Waals surface area contributed by atoms with Crippen molar-refractivity contribution in [3.8, 4) is 0 Å². The Labute approximate surface area is 157 Å². The van der Waals surface area contributed by atoms with Gasteiger partial charge in [-0.25, -0.2) is 4.39 Å². The van der Waals surface area contributed by atoms with Gasteiger partial charge in [0.25, 0.3) is 5.56 Å². The zero-order valence-corrected chi connectivity index (χ0v) is 16.6. The number of hydrogen-bond acceptors (Lipinski definition) is 4. The molecule has 4 rings (SSSR count). The van der Waals surface area contributed by atoms with E-state index in [9.17, 15) is 9.18 Å². The fraction of sp³-hybridized carbons (Fsp3) is 0.526. The Kier molecular flexibility index (Phi) is 3.97. The van der Waals surface area contributed by atoms with Crippen molar-refractivity contribution >= 4 is 33.9 Å². The van der Waals surface area contributed by atoms with Crippen LogP contribution in [-0.4, -0.2) is 55.3 Å². The van der Waals surface area contributed by atoms with Gasteiger partial charge < -0.3 is 14.4 Å². The van der Waals surface area contributed by atoms with E-state index in [0.29, 0.717) is 33.2 Å². The number of fused-ring (bicyclic) bond motifs is 5. The first-order valence-electron chi connectivity index (χ1n) is 8.91.